The molecule has 1 atom stereocenters. The van der Waals surface area contributed by atoms with E-state index in [2.05, 4.69) is 30.9 Å². The molecule has 1 aliphatic rings. The van der Waals surface area contributed by atoms with Crippen LogP contribution in [0.1, 0.15) is 42.2 Å². The number of aryl methyl sites for hydroxylation is 1. The molecule has 2 aromatic heterocycles. The van der Waals surface area contributed by atoms with Crippen LogP contribution in [0.15, 0.2) is 115 Å². The number of carbonyl (C=O) groups is 3. The molecule has 0 saturated carbocycles. The van der Waals surface area contributed by atoms with Crippen LogP contribution in [0.5, 0.6) is 5.75 Å². The molecule has 0 radical (unpaired) electrons. The highest BCUT2D eigenvalue weighted by Gasteiger charge is 2.35. The lowest BCUT2D eigenvalue weighted by atomic mass is 9.80. The van der Waals surface area contributed by atoms with Crippen LogP contribution in [0.3, 0.4) is 0 Å². The maximum atomic E-state index is 14.6. The molecule has 0 amide bonds. The quantitative estimate of drug-likeness (QED) is 0.0426. The molecule has 0 saturated heterocycles. The lowest BCUT2D eigenvalue weighted by molar-refractivity contribution is 0.0697. The van der Waals surface area contributed by atoms with Gasteiger partial charge in [0.05, 0.1) is 49.9 Å². The average Bonchev–Trinajstić information content (AvgIpc) is 3.25. The first-order chi connectivity index (χ1) is 32.3. The number of benzene rings is 5. The first-order valence-corrected chi connectivity index (χ1v) is 24.2. The molecule has 7 aromatic rings. The Labute approximate surface area is 388 Å². The SMILES string of the molecule is Cn1c(=O)c(C(=O)c2cccc(OS(=O)O)c2)c2c3c(c(Nc4cc(Nc5nc(Nc6cc(S(=O)(=O)O)ccc6C(=O)O)nc(=O)[nH]5)c(S(=O)(=O)O)cc4S(=O)(=O)O)ccc31)C(=O)c1ccccc1-2. The highest BCUT2D eigenvalue weighted by molar-refractivity contribution is 7.87. The van der Waals surface area contributed by atoms with E-state index in [0.29, 0.717) is 18.2 Å². The van der Waals surface area contributed by atoms with E-state index in [1.165, 1.54) is 61.6 Å². The van der Waals surface area contributed by atoms with Gasteiger partial charge in [0.25, 0.3) is 35.9 Å². The third kappa shape index (κ3) is 9.08. The van der Waals surface area contributed by atoms with Crippen LogP contribution >= 0.6 is 0 Å². The summed E-state index contributed by atoms with van der Waals surface area (Å²) in [6.07, 6.45) is 0. The summed E-state index contributed by atoms with van der Waals surface area (Å²) in [5, 5.41) is 17.0. The number of carboxylic acid groups (broad SMARTS) is 1. The molecular weight excluding hydrogens is 995 g/mol. The number of carboxylic acids is 1. The fourth-order valence-corrected chi connectivity index (χ4v) is 9.61. The number of pyridine rings is 1. The number of aromatic amines is 1. The minimum absolute atomic E-state index is 0.0221. The Bertz CT molecular complexity index is 3950. The highest BCUT2D eigenvalue weighted by atomic mass is 32.2. The minimum Gasteiger partial charge on any atom is -0.478 e. The second kappa shape index (κ2) is 17.2. The summed E-state index contributed by atoms with van der Waals surface area (Å²) in [4.78, 5) is 74.1. The average molecular weight is 1020 g/mol. The number of anilines is 6. The zero-order valence-corrected chi connectivity index (χ0v) is 37.4. The Balaban J connectivity index is 1.31. The number of ketones is 2. The summed E-state index contributed by atoms with van der Waals surface area (Å²) in [5.41, 5.74) is -5.83. The summed E-state index contributed by atoms with van der Waals surface area (Å²) < 4.78 is 132. The van der Waals surface area contributed by atoms with E-state index in [0.717, 1.165) is 22.8 Å². The van der Waals surface area contributed by atoms with Crippen molar-refractivity contribution in [2.45, 2.75) is 14.7 Å². The van der Waals surface area contributed by atoms with Crippen LogP contribution in [-0.4, -0.2) is 89.8 Å². The van der Waals surface area contributed by atoms with Gasteiger partial charge >= 0.3 is 23.0 Å². The predicted molar refractivity (Wildman–Crippen MR) is 241 cm³/mol. The van der Waals surface area contributed by atoms with Crippen molar-refractivity contribution in [3.05, 3.63) is 140 Å². The van der Waals surface area contributed by atoms with Gasteiger partial charge in [-0.1, -0.05) is 36.4 Å². The highest BCUT2D eigenvalue weighted by Crippen LogP contribution is 2.45. The van der Waals surface area contributed by atoms with Crippen molar-refractivity contribution >= 4 is 105 Å². The molecule has 69 heavy (non-hydrogen) atoms. The number of nitrogens with zero attached hydrogens (tertiary/aromatic N) is 3. The smallest absolute Gasteiger partial charge is 0.357 e. The second-order valence-corrected chi connectivity index (χ2v) is 19.3. The third-order valence-corrected chi connectivity index (χ3v) is 13.3. The van der Waals surface area contributed by atoms with E-state index in [4.69, 9.17) is 4.18 Å². The summed E-state index contributed by atoms with van der Waals surface area (Å²) in [5.74, 6) is -4.98. The Morgan fingerprint density at radius 2 is 1.38 bits per heavy atom. The maximum absolute atomic E-state index is 14.6. The molecule has 0 spiro atoms. The van der Waals surface area contributed by atoms with Gasteiger partial charge in [-0.2, -0.15) is 39.4 Å². The Morgan fingerprint density at radius 3 is 2.01 bits per heavy atom. The molecule has 1 unspecified atom stereocenters. The van der Waals surface area contributed by atoms with Crippen LogP contribution in [0, 0.1) is 0 Å². The minimum atomic E-state index is -5.48. The van der Waals surface area contributed by atoms with E-state index in [-0.39, 0.29) is 50.2 Å². The first kappa shape index (κ1) is 47.5. The second-order valence-electron chi connectivity index (χ2n) is 14.5. The van der Waals surface area contributed by atoms with E-state index in [9.17, 15) is 76.8 Å². The number of hydrogen-bond donors (Lipinski definition) is 9. The normalized spacial score (nSPS) is 12.8. The molecule has 25 nitrogen and oxygen atoms in total. The van der Waals surface area contributed by atoms with Crippen molar-refractivity contribution < 1.29 is 71.3 Å². The summed E-state index contributed by atoms with van der Waals surface area (Å²) in [7, 11) is -14.6. The van der Waals surface area contributed by atoms with Gasteiger partial charge in [-0.05, 0) is 60.2 Å². The first-order valence-electron chi connectivity index (χ1n) is 18.9. The number of fused-ring (bicyclic) bond motifs is 2. The van der Waals surface area contributed by atoms with Gasteiger partial charge in [-0.15, -0.1) is 0 Å². The van der Waals surface area contributed by atoms with E-state index < -0.39 is 125 Å². The van der Waals surface area contributed by atoms with Gasteiger partial charge < -0.3 is 29.8 Å². The number of hydrogen-bond acceptors (Lipinski definition) is 18. The standard InChI is InChI=1S/C40H27N7O18S4/c1-47-27-12-11-23(31-32(27)30(20-7-2-3-8-21(20)35(31)49)33(36(47)50)34(48)17-5-4-6-18(13-17)65-66(54)55)41-25-15-26(29(69(62,63)64)16-28(25)68(59,60)61)43-39-44-38(45-40(53)46-39)42-24-14-19(67(56,57)58)9-10-22(24)37(51)52/h2-16,41H,1H3,(H,51,52)(H,54,55)(H,56,57,58)(H,59,60,61)(H,62,63,64)(H3,42,43,44,45,46,53). The topological polar surface area (TPSA) is 398 Å². The molecular formula is C40H27N7O18S4. The van der Waals surface area contributed by atoms with Gasteiger partial charge in [0.1, 0.15) is 15.5 Å². The molecule has 2 heterocycles. The van der Waals surface area contributed by atoms with Gasteiger partial charge in [0.2, 0.25) is 11.9 Å². The summed E-state index contributed by atoms with van der Waals surface area (Å²) in [6, 6.07) is 16.7. The maximum Gasteiger partial charge on any atom is 0.357 e. The van der Waals surface area contributed by atoms with Gasteiger partial charge in [-0.3, -0.25) is 37.6 Å². The largest absolute Gasteiger partial charge is 0.478 e. The molecule has 0 aliphatic heterocycles. The lowest BCUT2D eigenvalue weighted by Gasteiger charge is -2.26. The third-order valence-electron chi connectivity index (χ3n) is 10.3. The van der Waals surface area contributed by atoms with Crippen molar-refractivity contribution in [2.75, 3.05) is 16.0 Å². The Kier molecular flexibility index (Phi) is 11.9. The van der Waals surface area contributed by atoms with Crippen LogP contribution in [0.25, 0.3) is 22.0 Å². The van der Waals surface area contributed by atoms with Crippen LogP contribution < -0.4 is 31.4 Å². The molecule has 0 fully saturated rings. The number of rotatable bonds is 14. The molecule has 1 aliphatic carbocycles. The molecule has 8 rings (SSSR count). The zero-order valence-electron chi connectivity index (χ0n) is 34.2. The Hall–Kier alpha value is -8.03. The number of nitrogens with one attached hydrogen (secondary N) is 4. The van der Waals surface area contributed by atoms with Crippen molar-refractivity contribution in [1.82, 2.24) is 19.5 Å². The number of H-pyrrole nitrogens is 1. The number of carbonyl (C=O) groups excluding carboxylic acids is 2. The fourth-order valence-electron chi connectivity index (χ4n) is 7.45. The van der Waals surface area contributed by atoms with Crippen LogP contribution in [-0.2, 0) is 48.8 Å². The fraction of sp³-hybridized carbons (Fsp3) is 0.0250. The van der Waals surface area contributed by atoms with Crippen molar-refractivity contribution in [3.63, 3.8) is 0 Å². The molecule has 9 N–H and O–H groups in total. The Morgan fingerprint density at radius 1 is 0.710 bits per heavy atom. The van der Waals surface area contributed by atoms with Gasteiger partial charge in [0, 0.05) is 29.1 Å². The van der Waals surface area contributed by atoms with Crippen molar-refractivity contribution in [3.8, 4) is 16.9 Å². The van der Waals surface area contributed by atoms with Crippen LogP contribution in [0.2, 0.25) is 0 Å². The van der Waals surface area contributed by atoms with Gasteiger partial charge in [-0.25, -0.2) is 9.59 Å². The van der Waals surface area contributed by atoms with Gasteiger partial charge in [0.15, 0.2) is 11.6 Å². The molecule has 0 bridgehead atoms. The van der Waals surface area contributed by atoms with E-state index >= 15 is 0 Å². The summed E-state index contributed by atoms with van der Waals surface area (Å²) in [6.45, 7) is 0. The number of aromatic carboxylic acids is 1. The molecule has 354 valence electrons. The summed E-state index contributed by atoms with van der Waals surface area (Å²) >= 11 is -2.78. The van der Waals surface area contributed by atoms with Crippen molar-refractivity contribution in [2.24, 2.45) is 7.05 Å². The molecule has 5 aromatic carbocycles. The predicted octanol–water partition coefficient (Wildman–Crippen LogP) is 3.64. The zero-order chi connectivity index (χ0) is 50.1. The van der Waals surface area contributed by atoms with Crippen molar-refractivity contribution in [1.29, 1.82) is 0 Å². The van der Waals surface area contributed by atoms with E-state index in [1.807, 2.05) is 0 Å². The monoisotopic (exact) mass is 1020 g/mol. The van der Waals surface area contributed by atoms with E-state index in [1.54, 1.807) is 0 Å². The number of aromatic nitrogens is 4. The molecule has 29 heteroatoms. The lowest BCUT2D eigenvalue weighted by Crippen LogP contribution is -2.29. The van der Waals surface area contributed by atoms with Crippen LogP contribution in [0.4, 0.5) is 34.6 Å².